The second kappa shape index (κ2) is 13.5. The van der Waals surface area contributed by atoms with E-state index in [0.29, 0.717) is 12.0 Å². The van der Waals surface area contributed by atoms with E-state index in [1.165, 1.54) is 42.5 Å². The topological polar surface area (TPSA) is 27.0 Å². The van der Waals surface area contributed by atoms with Crippen molar-refractivity contribution in [3.8, 4) is 6.07 Å². The molecule has 0 aromatic heterocycles. The second-order valence-electron chi connectivity index (χ2n) is 10.8. The molecule has 0 heterocycles. The van der Waals surface area contributed by atoms with Gasteiger partial charge in [-0.15, -0.1) is 0 Å². The third-order valence-corrected chi connectivity index (χ3v) is 8.50. The quantitative estimate of drug-likeness (QED) is 0.253. The summed E-state index contributed by atoms with van der Waals surface area (Å²) in [5.41, 5.74) is 3.17. The predicted octanol–water partition coefficient (Wildman–Crippen LogP) is 8.12. The van der Waals surface area contributed by atoms with Crippen LogP contribution in [-0.4, -0.2) is 24.0 Å². The van der Waals surface area contributed by atoms with Crippen LogP contribution in [-0.2, 0) is 18.3 Å². The van der Waals surface area contributed by atoms with Crippen LogP contribution in [0, 0.1) is 23.1 Å². The summed E-state index contributed by atoms with van der Waals surface area (Å²) in [6.07, 6.45) is 9.60. The summed E-state index contributed by atoms with van der Waals surface area (Å²) >= 11 is 0. The maximum Gasteiger partial charge on any atom is 0.123 e. The van der Waals surface area contributed by atoms with Crippen LogP contribution in [0.3, 0.4) is 0 Å². The van der Waals surface area contributed by atoms with Crippen molar-refractivity contribution in [1.82, 2.24) is 4.90 Å². The molecule has 4 rings (SSSR count). The van der Waals surface area contributed by atoms with Crippen LogP contribution in [0.1, 0.15) is 68.6 Å². The zero-order chi connectivity index (χ0) is 25.9. The van der Waals surface area contributed by atoms with E-state index in [4.69, 9.17) is 0 Å². The highest BCUT2D eigenvalue weighted by Gasteiger charge is 2.41. The molecule has 3 heteroatoms. The molecule has 2 atom stereocenters. The summed E-state index contributed by atoms with van der Waals surface area (Å²) < 4.78 is 13.8. The third kappa shape index (κ3) is 7.30. The molecular weight excluding hydrogens is 455 g/mol. The van der Waals surface area contributed by atoms with Gasteiger partial charge in [0, 0.05) is 19.1 Å². The number of nitrogens with zero attached hydrogens (tertiary/aromatic N) is 2. The van der Waals surface area contributed by atoms with Gasteiger partial charge in [-0.3, -0.25) is 0 Å². The largest absolute Gasteiger partial charge is 0.300 e. The normalized spacial score (nSPS) is 16.7. The summed E-state index contributed by atoms with van der Waals surface area (Å²) in [4.78, 5) is 2.60. The Labute approximate surface area is 223 Å². The smallest absolute Gasteiger partial charge is 0.123 e. The Kier molecular flexibility index (Phi) is 9.92. The van der Waals surface area contributed by atoms with E-state index in [2.05, 4.69) is 78.6 Å². The molecule has 1 aliphatic rings. The van der Waals surface area contributed by atoms with Crippen molar-refractivity contribution >= 4 is 0 Å². The van der Waals surface area contributed by atoms with E-state index < -0.39 is 5.41 Å². The molecule has 1 saturated carbocycles. The van der Waals surface area contributed by atoms with E-state index in [-0.39, 0.29) is 5.82 Å². The molecule has 0 saturated heterocycles. The maximum atomic E-state index is 13.8. The van der Waals surface area contributed by atoms with Gasteiger partial charge >= 0.3 is 0 Å². The van der Waals surface area contributed by atoms with Crippen molar-refractivity contribution in [2.75, 3.05) is 13.1 Å². The van der Waals surface area contributed by atoms with Gasteiger partial charge in [0.25, 0.3) is 0 Å². The molecule has 0 aliphatic heterocycles. The van der Waals surface area contributed by atoms with E-state index in [0.717, 1.165) is 57.2 Å². The lowest BCUT2D eigenvalue weighted by Gasteiger charge is -2.40. The average molecular weight is 497 g/mol. The van der Waals surface area contributed by atoms with Gasteiger partial charge in [-0.05, 0) is 80.2 Å². The van der Waals surface area contributed by atoms with Gasteiger partial charge < -0.3 is 4.90 Å². The number of halogens is 1. The lowest BCUT2D eigenvalue weighted by atomic mass is 9.63. The molecule has 37 heavy (non-hydrogen) atoms. The van der Waals surface area contributed by atoms with Gasteiger partial charge in [0.2, 0.25) is 0 Å². The maximum absolute atomic E-state index is 13.8. The average Bonchev–Trinajstić information content (AvgIpc) is 2.96. The van der Waals surface area contributed by atoms with E-state index in [1.807, 2.05) is 12.1 Å². The first-order chi connectivity index (χ1) is 18.1. The second-order valence-corrected chi connectivity index (χ2v) is 10.8. The zero-order valence-corrected chi connectivity index (χ0v) is 22.3. The first kappa shape index (κ1) is 27.1. The van der Waals surface area contributed by atoms with E-state index >= 15 is 0 Å². The minimum Gasteiger partial charge on any atom is -0.300 e. The number of hydrogen-bond acceptors (Lipinski definition) is 2. The molecule has 3 aromatic carbocycles. The Hall–Kier alpha value is -2.96. The molecule has 0 spiro atoms. The van der Waals surface area contributed by atoms with Crippen molar-refractivity contribution in [3.05, 3.63) is 107 Å². The predicted molar refractivity (Wildman–Crippen MR) is 151 cm³/mol. The Bertz CT molecular complexity index is 1060. The van der Waals surface area contributed by atoms with Crippen LogP contribution in [0.4, 0.5) is 4.39 Å². The molecule has 1 aliphatic carbocycles. The van der Waals surface area contributed by atoms with E-state index in [9.17, 15) is 9.65 Å². The Morgan fingerprint density at radius 1 is 0.838 bits per heavy atom. The number of nitriles is 1. The summed E-state index contributed by atoms with van der Waals surface area (Å²) in [6.45, 7) is 4.32. The fourth-order valence-corrected chi connectivity index (χ4v) is 6.15. The summed E-state index contributed by atoms with van der Waals surface area (Å²) in [6, 6.07) is 31.3. The number of benzene rings is 3. The highest BCUT2D eigenvalue weighted by molar-refractivity contribution is 5.34. The van der Waals surface area contributed by atoms with Crippen molar-refractivity contribution in [2.24, 2.45) is 5.92 Å². The molecule has 0 radical (unpaired) electrons. The van der Waals surface area contributed by atoms with Crippen LogP contribution in [0.25, 0.3) is 0 Å². The minimum atomic E-state index is -0.549. The Morgan fingerprint density at radius 2 is 1.38 bits per heavy atom. The van der Waals surface area contributed by atoms with Gasteiger partial charge in [0.05, 0.1) is 11.5 Å². The number of rotatable bonds is 12. The summed E-state index contributed by atoms with van der Waals surface area (Å²) in [5.74, 6) is 0.103. The molecular formula is C34H41FN2. The van der Waals surface area contributed by atoms with E-state index in [1.54, 1.807) is 0 Å². The van der Waals surface area contributed by atoms with Crippen molar-refractivity contribution in [2.45, 2.75) is 76.2 Å². The van der Waals surface area contributed by atoms with Crippen LogP contribution in [0.2, 0.25) is 0 Å². The third-order valence-electron chi connectivity index (χ3n) is 8.50. The lowest BCUT2D eigenvalue weighted by Crippen LogP contribution is -2.40. The molecule has 2 unspecified atom stereocenters. The monoisotopic (exact) mass is 496 g/mol. The first-order valence-electron chi connectivity index (χ1n) is 14.1. The highest BCUT2D eigenvalue weighted by atomic mass is 19.1. The van der Waals surface area contributed by atoms with Gasteiger partial charge in [0.15, 0.2) is 0 Å². The number of hydrogen-bond donors (Lipinski definition) is 0. The molecule has 1 fully saturated rings. The Balaban J connectivity index is 1.50. The SMILES string of the molecule is CC(CCC(C#N)(c1ccc(F)cc1)C1CCCCC1)N(CCc1ccccc1)CCc1ccccc1. The first-order valence-corrected chi connectivity index (χ1v) is 14.1. The molecule has 194 valence electrons. The highest BCUT2D eigenvalue weighted by Crippen LogP contribution is 2.44. The minimum absolute atomic E-state index is 0.236. The van der Waals surface area contributed by atoms with Crippen LogP contribution in [0.15, 0.2) is 84.9 Å². The van der Waals surface area contributed by atoms with Gasteiger partial charge in [-0.25, -0.2) is 4.39 Å². The van der Waals surface area contributed by atoms with Gasteiger partial charge in [-0.2, -0.15) is 5.26 Å². The fourth-order valence-electron chi connectivity index (χ4n) is 6.15. The molecule has 0 amide bonds. The van der Waals surface area contributed by atoms with Crippen LogP contribution in [0.5, 0.6) is 0 Å². The van der Waals surface area contributed by atoms with Gasteiger partial charge in [0.1, 0.15) is 5.82 Å². The standard InChI is InChI=1S/C34H41FN2/c1-28(37(25-22-29-11-5-2-6-12-29)26-23-30-13-7-3-8-14-30)21-24-34(27-36,31-15-9-4-10-16-31)32-17-19-33(35)20-18-32/h2-3,5-8,11-14,17-20,28,31H,4,9-10,15-16,21-26H2,1H3. The molecule has 3 aromatic rings. The zero-order valence-electron chi connectivity index (χ0n) is 22.3. The van der Waals surface area contributed by atoms with Gasteiger partial charge in [-0.1, -0.05) is 92.1 Å². The van der Waals surface area contributed by atoms with Crippen molar-refractivity contribution < 1.29 is 4.39 Å². The van der Waals surface area contributed by atoms with Crippen molar-refractivity contribution in [3.63, 3.8) is 0 Å². The molecule has 2 nitrogen and oxygen atoms in total. The lowest BCUT2D eigenvalue weighted by molar-refractivity contribution is 0.174. The summed E-state index contributed by atoms with van der Waals surface area (Å²) in [5, 5.41) is 10.6. The summed E-state index contributed by atoms with van der Waals surface area (Å²) in [7, 11) is 0. The van der Waals surface area contributed by atoms with Crippen LogP contribution >= 0.6 is 0 Å². The molecule has 0 N–H and O–H groups in total. The van der Waals surface area contributed by atoms with Crippen LogP contribution < -0.4 is 0 Å². The Morgan fingerprint density at radius 3 is 1.89 bits per heavy atom. The van der Waals surface area contributed by atoms with Crippen molar-refractivity contribution in [1.29, 1.82) is 5.26 Å². The fraction of sp³-hybridized carbons (Fsp3) is 0.441. The molecule has 0 bridgehead atoms.